The minimum atomic E-state index is -1.20. The second-order valence-corrected chi connectivity index (χ2v) is 3.52. The Morgan fingerprint density at radius 1 is 1.50 bits per heavy atom. The van der Waals surface area contributed by atoms with Gasteiger partial charge < -0.3 is 5.11 Å². The molecule has 74 valence electrons. The average Bonchev–Trinajstić information content (AvgIpc) is 1.99. The van der Waals surface area contributed by atoms with Crippen LogP contribution >= 0.6 is 0 Å². The van der Waals surface area contributed by atoms with Crippen molar-refractivity contribution in [3.63, 3.8) is 0 Å². The molecule has 1 aliphatic rings. The van der Waals surface area contributed by atoms with Gasteiger partial charge in [0.15, 0.2) is 5.82 Å². The highest BCUT2D eigenvalue weighted by Gasteiger charge is 2.26. The normalized spacial score (nSPS) is 16.4. The maximum absolute atomic E-state index is 13.2. The zero-order valence-corrected chi connectivity index (χ0v) is 7.53. The van der Waals surface area contributed by atoms with E-state index in [1.807, 2.05) is 0 Å². The van der Waals surface area contributed by atoms with Gasteiger partial charge in [-0.1, -0.05) is 6.42 Å². The monoisotopic (exact) mass is 195 g/mol. The van der Waals surface area contributed by atoms with Gasteiger partial charge in [-0.15, -0.1) is 0 Å². The summed E-state index contributed by atoms with van der Waals surface area (Å²) in [4.78, 5) is 14.5. The molecule has 1 N–H and O–H groups in total. The van der Waals surface area contributed by atoms with Crippen LogP contribution < -0.4 is 0 Å². The number of carboxylic acid groups (broad SMARTS) is 1. The Morgan fingerprint density at radius 2 is 2.21 bits per heavy atom. The first-order valence-electron chi connectivity index (χ1n) is 4.57. The minimum Gasteiger partial charge on any atom is -0.478 e. The Balaban J connectivity index is 2.46. The summed E-state index contributed by atoms with van der Waals surface area (Å²) in [5, 5.41) is 8.85. The van der Waals surface area contributed by atoms with Gasteiger partial charge in [0, 0.05) is 6.20 Å². The summed E-state index contributed by atoms with van der Waals surface area (Å²) in [6, 6.07) is 0. The number of pyridine rings is 1. The lowest BCUT2D eigenvalue weighted by Gasteiger charge is -2.26. The van der Waals surface area contributed by atoms with E-state index in [1.54, 1.807) is 0 Å². The summed E-state index contributed by atoms with van der Waals surface area (Å²) in [5.41, 5.74) is 0.341. The van der Waals surface area contributed by atoms with E-state index in [2.05, 4.69) is 4.98 Å². The van der Waals surface area contributed by atoms with Crippen molar-refractivity contribution in [1.82, 2.24) is 4.98 Å². The van der Waals surface area contributed by atoms with E-state index in [0.29, 0.717) is 5.56 Å². The highest BCUT2D eigenvalue weighted by atomic mass is 19.1. The number of carbonyl (C=O) groups is 1. The number of aromatic nitrogens is 1. The summed E-state index contributed by atoms with van der Waals surface area (Å²) < 4.78 is 13.2. The molecule has 0 unspecified atom stereocenters. The van der Waals surface area contributed by atoms with Gasteiger partial charge in [0.05, 0.1) is 6.20 Å². The summed E-state index contributed by atoms with van der Waals surface area (Å²) in [7, 11) is 0. The Hall–Kier alpha value is -1.45. The van der Waals surface area contributed by atoms with Gasteiger partial charge in [-0.3, -0.25) is 4.98 Å². The molecular formula is C10H10FNO2. The number of rotatable bonds is 2. The van der Waals surface area contributed by atoms with E-state index in [9.17, 15) is 9.18 Å². The predicted octanol–water partition coefficient (Wildman–Crippen LogP) is 2.19. The third kappa shape index (κ3) is 1.36. The predicted molar refractivity (Wildman–Crippen MR) is 47.7 cm³/mol. The minimum absolute atomic E-state index is 0.185. The van der Waals surface area contributed by atoms with E-state index >= 15 is 0 Å². The number of nitrogens with zero attached hydrogens (tertiary/aromatic N) is 1. The summed E-state index contributed by atoms with van der Waals surface area (Å²) in [5.74, 6) is -1.75. The Bertz CT molecular complexity index is 374. The van der Waals surface area contributed by atoms with Gasteiger partial charge in [0.1, 0.15) is 5.56 Å². The van der Waals surface area contributed by atoms with Gasteiger partial charge in [-0.2, -0.15) is 0 Å². The van der Waals surface area contributed by atoms with Gasteiger partial charge >= 0.3 is 5.97 Å². The van der Waals surface area contributed by atoms with Gasteiger partial charge in [0.25, 0.3) is 0 Å². The highest BCUT2D eigenvalue weighted by Crippen LogP contribution is 2.38. The topological polar surface area (TPSA) is 50.2 Å². The summed E-state index contributed by atoms with van der Waals surface area (Å²) in [6.45, 7) is 0. The van der Waals surface area contributed by atoms with E-state index in [4.69, 9.17) is 5.11 Å². The molecule has 0 atom stereocenters. The van der Waals surface area contributed by atoms with Crippen LogP contribution in [0.25, 0.3) is 0 Å². The first-order chi connectivity index (χ1) is 6.70. The maximum atomic E-state index is 13.2. The third-order valence-electron chi connectivity index (χ3n) is 2.69. The molecule has 0 aliphatic heterocycles. The van der Waals surface area contributed by atoms with E-state index in [0.717, 1.165) is 25.5 Å². The van der Waals surface area contributed by atoms with E-state index in [-0.39, 0.29) is 11.5 Å². The SMILES string of the molecule is O=C(O)c1c(F)cncc1C1CCC1. The van der Waals surface area contributed by atoms with Crippen molar-refractivity contribution < 1.29 is 14.3 Å². The number of halogens is 1. The smallest absolute Gasteiger partial charge is 0.339 e. The molecule has 1 fully saturated rings. The van der Waals surface area contributed by atoms with Crippen LogP contribution in [-0.4, -0.2) is 16.1 Å². The van der Waals surface area contributed by atoms with Crippen LogP contribution in [0, 0.1) is 5.82 Å². The lowest BCUT2D eigenvalue weighted by atomic mass is 9.79. The fourth-order valence-electron chi connectivity index (χ4n) is 1.70. The molecule has 14 heavy (non-hydrogen) atoms. The quantitative estimate of drug-likeness (QED) is 0.786. The lowest BCUT2D eigenvalue weighted by Crippen LogP contribution is -2.15. The molecule has 0 spiro atoms. The zero-order valence-electron chi connectivity index (χ0n) is 7.53. The molecule has 0 saturated heterocycles. The molecular weight excluding hydrogens is 185 g/mol. The lowest BCUT2D eigenvalue weighted by molar-refractivity contribution is 0.0689. The molecule has 0 bridgehead atoms. The fraction of sp³-hybridized carbons (Fsp3) is 0.400. The molecule has 3 nitrogen and oxygen atoms in total. The molecule has 4 heteroatoms. The third-order valence-corrected chi connectivity index (χ3v) is 2.69. The molecule has 1 saturated carbocycles. The van der Waals surface area contributed by atoms with Crippen LogP contribution in [0.5, 0.6) is 0 Å². The second kappa shape index (κ2) is 3.36. The van der Waals surface area contributed by atoms with Crippen molar-refractivity contribution in [3.05, 3.63) is 29.3 Å². The van der Waals surface area contributed by atoms with E-state index < -0.39 is 11.8 Å². The van der Waals surface area contributed by atoms with Crippen LogP contribution in [-0.2, 0) is 0 Å². The number of hydrogen-bond donors (Lipinski definition) is 1. The second-order valence-electron chi connectivity index (χ2n) is 3.52. The van der Waals surface area contributed by atoms with Gasteiger partial charge in [-0.05, 0) is 24.3 Å². The largest absolute Gasteiger partial charge is 0.478 e. The number of aromatic carboxylic acids is 1. The number of carboxylic acids is 1. The molecule has 1 heterocycles. The molecule has 1 aromatic heterocycles. The standard InChI is InChI=1S/C10H10FNO2/c11-8-5-12-4-7(6-2-1-3-6)9(8)10(13)14/h4-6H,1-3H2,(H,13,14). The van der Waals surface area contributed by atoms with Crippen molar-refractivity contribution in [1.29, 1.82) is 0 Å². The molecule has 0 aromatic carbocycles. The van der Waals surface area contributed by atoms with Crippen molar-refractivity contribution in [2.75, 3.05) is 0 Å². The van der Waals surface area contributed by atoms with Crippen molar-refractivity contribution in [2.45, 2.75) is 25.2 Å². The Kier molecular flexibility index (Phi) is 2.19. The maximum Gasteiger partial charge on any atom is 0.339 e. The van der Waals surface area contributed by atoms with Crippen LogP contribution in [0.3, 0.4) is 0 Å². The summed E-state index contributed by atoms with van der Waals surface area (Å²) >= 11 is 0. The molecule has 2 rings (SSSR count). The Morgan fingerprint density at radius 3 is 2.71 bits per heavy atom. The first kappa shape index (κ1) is 9.12. The first-order valence-corrected chi connectivity index (χ1v) is 4.57. The molecule has 1 aliphatic carbocycles. The van der Waals surface area contributed by atoms with Crippen LogP contribution in [0.1, 0.15) is 41.1 Å². The van der Waals surface area contributed by atoms with Gasteiger partial charge in [0.2, 0.25) is 0 Å². The molecule has 1 aromatic rings. The average molecular weight is 195 g/mol. The van der Waals surface area contributed by atoms with Crippen molar-refractivity contribution in [2.24, 2.45) is 0 Å². The van der Waals surface area contributed by atoms with Gasteiger partial charge in [-0.25, -0.2) is 9.18 Å². The fourth-order valence-corrected chi connectivity index (χ4v) is 1.70. The van der Waals surface area contributed by atoms with Crippen molar-refractivity contribution >= 4 is 5.97 Å². The molecule has 0 amide bonds. The Labute approximate surface area is 80.6 Å². The molecule has 0 radical (unpaired) electrons. The summed E-state index contributed by atoms with van der Waals surface area (Å²) in [6.07, 6.45) is 5.37. The van der Waals surface area contributed by atoms with E-state index in [1.165, 1.54) is 6.20 Å². The van der Waals surface area contributed by atoms with Crippen LogP contribution in [0.2, 0.25) is 0 Å². The number of hydrogen-bond acceptors (Lipinski definition) is 2. The van der Waals surface area contributed by atoms with Crippen LogP contribution in [0.15, 0.2) is 12.4 Å². The highest BCUT2D eigenvalue weighted by molar-refractivity contribution is 5.89. The zero-order chi connectivity index (χ0) is 10.1. The van der Waals surface area contributed by atoms with Crippen LogP contribution in [0.4, 0.5) is 4.39 Å². The van der Waals surface area contributed by atoms with Crippen molar-refractivity contribution in [3.8, 4) is 0 Å².